The normalized spacial score (nSPS) is 40.4. The molecule has 10 saturated carbocycles. The molecule has 11 aliphatic rings. The summed E-state index contributed by atoms with van der Waals surface area (Å²) in [6, 6.07) is 18.1. The molecule has 1 spiro atoms. The Morgan fingerprint density at radius 1 is 0.517 bits per heavy atom. The van der Waals surface area contributed by atoms with E-state index in [0.717, 1.165) is 105 Å². The van der Waals surface area contributed by atoms with Crippen LogP contribution < -0.4 is 18.9 Å². The minimum Gasteiger partial charge on any atom is -0.390 e. The first-order valence-electron chi connectivity index (χ1n) is 36.5. The van der Waals surface area contributed by atoms with Crippen LogP contribution in [0.3, 0.4) is 0 Å². The molecule has 0 aromatic heterocycles. The monoisotopic (exact) mass is 1260 g/mol. The molecular weight excluding hydrogens is 1140 g/mol. The van der Waals surface area contributed by atoms with Crippen molar-refractivity contribution in [2.45, 2.75) is 300 Å². The van der Waals surface area contributed by atoms with Crippen molar-refractivity contribution in [3.63, 3.8) is 0 Å². The van der Waals surface area contributed by atoms with E-state index in [1.54, 1.807) is 24.3 Å². The zero-order valence-corrected chi connectivity index (χ0v) is 59.9. The Morgan fingerprint density at radius 2 is 0.933 bits per heavy atom. The summed E-state index contributed by atoms with van der Waals surface area (Å²) >= 11 is 0. The Labute approximate surface area is 556 Å². The van der Waals surface area contributed by atoms with E-state index in [-0.39, 0.29) is 47.3 Å². The summed E-state index contributed by atoms with van der Waals surface area (Å²) in [5.74, 6) is 8.95. The maximum Gasteiger partial charge on any atom is 1.00 e. The van der Waals surface area contributed by atoms with Crippen molar-refractivity contribution in [3.8, 4) is 0 Å². The van der Waals surface area contributed by atoms with Gasteiger partial charge >= 0.3 is 18.9 Å². The second kappa shape index (κ2) is 27.7. The summed E-state index contributed by atoms with van der Waals surface area (Å²) in [6.07, 6.45) is 32.5. The summed E-state index contributed by atoms with van der Waals surface area (Å²) in [5.41, 5.74) is -0.198. The van der Waals surface area contributed by atoms with Crippen LogP contribution in [0.4, 0.5) is 0 Å². The topological polar surface area (TPSA) is 142 Å². The Balaban J connectivity index is 0.000000175. The molecule has 8 nitrogen and oxygen atoms in total. The average Bonchev–Trinajstić information content (AvgIpc) is 1.95. The van der Waals surface area contributed by atoms with Gasteiger partial charge in [-0.25, -0.2) is 16.8 Å². The molecule has 2 aromatic carbocycles. The summed E-state index contributed by atoms with van der Waals surface area (Å²) in [5, 5.41) is 32.7. The first-order chi connectivity index (χ1) is 41.3. The van der Waals surface area contributed by atoms with Crippen molar-refractivity contribution in [2.75, 3.05) is 12.4 Å². The van der Waals surface area contributed by atoms with Gasteiger partial charge in [-0.3, -0.25) is 0 Å². The van der Waals surface area contributed by atoms with Crippen molar-refractivity contribution >= 4 is 19.7 Å². The molecule has 1 saturated heterocycles. The molecular formula is C78H125LiO8S2. The predicted molar refractivity (Wildman–Crippen MR) is 360 cm³/mol. The maximum absolute atomic E-state index is 14.4. The van der Waals surface area contributed by atoms with E-state index in [9.17, 15) is 32.2 Å². The van der Waals surface area contributed by atoms with Crippen LogP contribution in [0.2, 0.25) is 0 Å². The van der Waals surface area contributed by atoms with E-state index < -0.39 is 41.7 Å². The van der Waals surface area contributed by atoms with Gasteiger partial charge in [0.2, 0.25) is 0 Å². The molecule has 0 bridgehead atoms. The molecule has 1 unspecified atom stereocenters. The van der Waals surface area contributed by atoms with E-state index in [1.165, 1.54) is 116 Å². The van der Waals surface area contributed by atoms with Gasteiger partial charge in [0.25, 0.3) is 0 Å². The molecule has 1 heterocycles. The van der Waals surface area contributed by atoms with Gasteiger partial charge in [-0.05, 0) is 316 Å². The minimum atomic E-state index is -3.60. The Kier molecular flexibility index (Phi) is 22.4. The summed E-state index contributed by atoms with van der Waals surface area (Å²) in [6.45, 7) is 29.6. The number of ether oxygens (including phenoxy) is 1. The van der Waals surface area contributed by atoms with Crippen LogP contribution in [0.5, 0.6) is 0 Å². The number of aliphatic hydroxyl groups is 3. The van der Waals surface area contributed by atoms with E-state index in [0.29, 0.717) is 69.2 Å². The average molecular weight is 1260 g/mol. The van der Waals surface area contributed by atoms with Crippen LogP contribution >= 0.6 is 0 Å². The van der Waals surface area contributed by atoms with Crippen LogP contribution in [-0.4, -0.2) is 72.2 Å². The number of benzene rings is 2. The standard InChI is InChI=1S/C37H58O4S.C28H42O3S.C9H16O.C4H9.Li/c1-25(33(42(40,41)27-9-7-6-8-10-27)24-37(39)21-19-34(2,3)20-22-37)31-13-14-32-30-12-11-26-23-35(4,38)17-15-28(26)29(30)16-18-36(31,32)5;1-19(18-32(30,31)21-7-5-4-6-8-21)25-11-12-26-24-10-9-20-17-27(2,29)15-13-22(20)23(24)14-16-28(25,26)3;1-8(2)3-5-9(6-4-8)7-10-9;1-3-4-2;/h6-10,25-26,28-33,38-39H,11-24H2,1-5H3;4-8,19-20,22-26,29H,9-18H2,1-3H3;3-7H2,1-2H3;1,3-4H2,2H3;/q;;;-1;+1/t25-,26-,28-,29+,30+,31+,32-,33?,35-,36+;19-,20+,22+,23-,24-,25-,26+,27+,28-;;;/m01.../s1. The molecule has 10 aliphatic carbocycles. The van der Waals surface area contributed by atoms with Gasteiger partial charge in [0, 0.05) is 0 Å². The van der Waals surface area contributed by atoms with Gasteiger partial charge in [0.05, 0.1) is 49.8 Å². The van der Waals surface area contributed by atoms with Crippen LogP contribution in [0.25, 0.3) is 0 Å². The van der Waals surface area contributed by atoms with Crippen molar-refractivity contribution in [1.29, 1.82) is 0 Å². The Bertz CT molecular complexity index is 2820. The summed E-state index contributed by atoms with van der Waals surface area (Å²) in [4.78, 5) is 0.887. The number of hydrogen-bond donors (Lipinski definition) is 3. The molecule has 0 radical (unpaired) electrons. The van der Waals surface area contributed by atoms with Gasteiger partial charge in [-0.2, -0.15) is 6.42 Å². The first kappa shape index (κ1) is 72.1. The first-order valence-corrected chi connectivity index (χ1v) is 39.7. The number of fused-ring (bicyclic) bond motifs is 10. The zero-order chi connectivity index (χ0) is 63.5. The van der Waals surface area contributed by atoms with Gasteiger partial charge in [-0.15, -0.1) is 0 Å². The minimum absolute atomic E-state index is 0. The van der Waals surface area contributed by atoms with Gasteiger partial charge in [0.15, 0.2) is 19.7 Å². The molecule has 3 N–H and O–H groups in total. The van der Waals surface area contributed by atoms with E-state index >= 15 is 0 Å². The number of hydrogen-bond acceptors (Lipinski definition) is 8. The Morgan fingerprint density at radius 3 is 1.38 bits per heavy atom. The fourth-order valence-electron chi connectivity index (χ4n) is 22.6. The van der Waals surface area contributed by atoms with Crippen LogP contribution in [-0.2, 0) is 24.4 Å². The second-order valence-electron chi connectivity index (χ2n) is 35.2. The van der Waals surface area contributed by atoms with Crippen LogP contribution in [0.1, 0.15) is 262 Å². The van der Waals surface area contributed by atoms with Crippen molar-refractivity contribution in [2.24, 2.45) is 105 Å². The third-order valence-corrected chi connectivity index (χ3v) is 32.4. The number of sulfone groups is 2. The smallest absolute Gasteiger partial charge is 0.390 e. The van der Waals surface area contributed by atoms with Crippen molar-refractivity contribution in [1.82, 2.24) is 0 Å². The van der Waals surface area contributed by atoms with Crippen molar-refractivity contribution < 1.29 is 55.8 Å². The molecule has 13 rings (SSSR count). The summed E-state index contributed by atoms with van der Waals surface area (Å²) in [7, 11) is -6.84. The SMILES string of the molecule is CC1(C)CCC2(CC1)CO2.C[C@H](C(CC1(O)CCC(C)(C)CC1)S(=O)(=O)c1ccccc1)[C@H]1CC[C@H]2[C@@H]3CC[C@H]4C[C@@](C)(O)CC[C@@H]4[C@H]3CC[C@]12C.C[C@H](CS(=O)(=O)c1ccccc1)[C@H]1CC[C@H]2[C@@H]3CC[C@H]4C[C@@](C)(O)CC[C@@H]4[C@H]3CC[C@]12C.[CH2-]CCC.[Li+]. The number of unbranched alkanes of at least 4 members (excludes halogenated alkanes) is 1. The molecule has 11 fully saturated rings. The third-order valence-electron chi connectivity index (χ3n) is 28.1. The molecule has 0 amide bonds. The van der Waals surface area contributed by atoms with Crippen LogP contribution in [0, 0.1) is 111 Å². The van der Waals surface area contributed by atoms with Crippen molar-refractivity contribution in [3.05, 3.63) is 67.6 Å². The Hall–Kier alpha value is -1.22. The fraction of sp³-hybridized carbons (Fsp3) is 0.833. The third kappa shape index (κ3) is 15.8. The molecule has 498 valence electrons. The second-order valence-corrected chi connectivity index (χ2v) is 39.4. The van der Waals surface area contributed by atoms with Crippen LogP contribution in [0.15, 0.2) is 70.5 Å². The van der Waals surface area contributed by atoms with Gasteiger partial charge < -0.3 is 27.0 Å². The van der Waals surface area contributed by atoms with Gasteiger partial charge in [-0.1, -0.05) is 105 Å². The molecule has 89 heavy (non-hydrogen) atoms. The predicted octanol–water partition coefficient (Wildman–Crippen LogP) is 15.3. The fourth-order valence-corrected chi connectivity index (χ4v) is 26.5. The largest absolute Gasteiger partial charge is 1.00 e. The quantitative estimate of drug-likeness (QED) is 0.115. The van der Waals surface area contributed by atoms with E-state index in [2.05, 4.69) is 69.2 Å². The molecule has 2 aromatic rings. The summed E-state index contributed by atoms with van der Waals surface area (Å²) < 4.78 is 60.5. The molecule has 11 heteroatoms. The van der Waals surface area contributed by atoms with E-state index in [4.69, 9.17) is 4.74 Å². The van der Waals surface area contributed by atoms with E-state index in [1.807, 2.05) is 50.2 Å². The molecule has 19 atom stereocenters. The zero-order valence-electron chi connectivity index (χ0n) is 58.3. The molecule has 1 aliphatic heterocycles. The number of epoxide rings is 1. The van der Waals surface area contributed by atoms with Gasteiger partial charge in [0.1, 0.15) is 0 Å². The maximum atomic E-state index is 14.4. The number of rotatable bonds is 11.